The maximum absolute atomic E-state index is 9.82. The monoisotopic (exact) mass is 443 g/mol. The van der Waals surface area contributed by atoms with Crippen molar-refractivity contribution in [3.05, 3.63) is 72.8 Å². The van der Waals surface area contributed by atoms with Crippen LogP contribution >= 0.6 is 0 Å². The van der Waals surface area contributed by atoms with Crippen molar-refractivity contribution in [3.63, 3.8) is 0 Å². The number of fused-ring (bicyclic) bond motifs is 1. The molecule has 0 atom stereocenters. The van der Waals surface area contributed by atoms with Gasteiger partial charge in [0, 0.05) is 43.2 Å². The molecule has 0 aliphatic carbocycles. The Hall–Kier alpha value is -3.35. The van der Waals surface area contributed by atoms with Crippen LogP contribution in [0.1, 0.15) is 12.8 Å². The van der Waals surface area contributed by atoms with Crippen LogP contribution in [0, 0.1) is 0 Å². The average molecular weight is 444 g/mol. The van der Waals surface area contributed by atoms with Crippen molar-refractivity contribution in [3.8, 4) is 22.8 Å². The molecule has 6 nitrogen and oxygen atoms in total. The van der Waals surface area contributed by atoms with Gasteiger partial charge in [-0.2, -0.15) is 0 Å². The normalized spacial score (nSPS) is 14.7. The Morgan fingerprint density at radius 3 is 2.36 bits per heavy atom. The molecule has 1 aliphatic rings. The molecular weight excluding hydrogens is 414 g/mol. The van der Waals surface area contributed by atoms with Crippen molar-refractivity contribution < 1.29 is 14.6 Å². The van der Waals surface area contributed by atoms with Gasteiger partial charge in [0.05, 0.1) is 23.7 Å². The number of hydrogen-bond donors (Lipinski definition) is 1. The zero-order valence-corrected chi connectivity index (χ0v) is 18.9. The van der Waals surface area contributed by atoms with Gasteiger partial charge >= 0.3 is 0 Å². The number of piperidine rings is 1. The second kappa shape index (κ2) is 9.65. The molecule has 6 heteroatoms. The summed E-state index contributed by atoms with van der Waals surface area (Å²) in [6.07, 6.45) is 1.46. The maximum Gasteiger partial charge on any atom is 0.145 e. The lowest BCUT2D eigenvalue weighted by atomic mass is 10.1. The second-order valence-electron chi connectivity index (χ2n) is 8.36. The molecule has 3 aromatic carbocycles. The number of methoxy groups -OCH3 is 1. The molecule has 1 aliphatic heterocycles. The number of rotatable bonds is 7. The fraction of sp³-hybridized carbons (Fsp3) is 0.296. The van der Waals surface area contributed by atoms with Gasteiger partial charge in [0.2, 0.25) is 0 Å². The van der Waals surface area contributed by atoms with Crippen molar-refractivity contribution in [1.82, 2.24) is 9.55 Å². The van der Waals surface area contributed by atoms with E-state index in [-0.39, 0.29) is 6.10 Å². The van der Waals surface area contributed by atoms with Gasteiger partial charge < -0.3 is 19.5 Å². The van der Waals surface area contributed by atoms with Gasteiger partial charge in [0.25, 0.3) is 0 Å². The number of nitrogens with zero attached hydrogens (tertiary/aromatic N) is 3. The van der Waals surface area contributed by atoms with E-state index in [2.05, 4.69) is 45.9 Å². The van der Waals surface area contributed by atoms with Gasteiger partial charge in [0.1, 0.15) is 18.2 Å². The molecule has 0 radical (unpaired) electrons. The molecule has 2 heterocycles. The molecular formula is C27H29N3O3. The lowest BCUT2D eigenvalue weighted by Crippen LogP contribution is -2.35. The molecule has 5 rings (SSSR count). The Balaban J connectivity index is 1.55. The molecule has 0 spiro atoms. The molecule has 0 bridgehead atoms. The lowest BCUT2D eigenvalue weighted by molar-refractivity contribution is 0.145. The minimum absolute atomic E-state index is 0.174. The minimum atomic E-state index is -0.174. The van der Waals surface area contributed by atoms with Crippen molar-refractivity contribution in [2.45, 2.75) is 18.9 Å². The largest absolute Gasteiger partial charge is 0.491 e. The molecule has 0 saturated carbocycles. The van der Waals surface area contributed by atoms with Gasteiger partial charge in [0.15, 0.2) is 0 Å². The summed E-state index contributed by atoms with van der Waals surface area (Å²) in [5, 5.41) is 9.82. The summed E-state index contributed by atoms with van der Waals surface area (Å²) >= 11 is 0. The number of aliphatic hydroxyl groups is 1. The van der Waals surface area contributed by atoms with E-state index in [0.717, 1.165) is 59.8 Å². The SMILES string of the molecule is COCCOc1ccc2nc(-c3ccccc3)n(-c3ccc(N4CCC(O)CC4)cc3)c2c1. The molecule has 0 amide bonds. The van der Waals surface area contributed by atoms with E-state index < -0.39 is 0 Å². The number of aromatic nitrogens is 2. The van der Waals surface area contributed by atoms with E-state index in [1.165, 1.54) is 5.69 Å². The number of ether oxygens (including phenoxy) is 2. The topological polar surface area (TPSA) is 59.8 Å². The van der Waals surface area contributed by atoms with Crippen LogP contribution in [-0.4, -0.2) is 54.2 Å². The van der Waals surface area contributed by atoms with E-state index >= 15 is 0 Å². The first kappa shape index (κ1) is 21.5. The smallest absolute Gasteiger partial charge is 0.145 e. The van der Waals surface area contributed by atoms with Crippen LogP contribution in [0.4, 0.5) is 5.69 Å². The molecule has 0 unspecified atom stereocenters. The summed E-state index contributed by atoms with van der Waals surface area (Å²) in [4.78, 5) is 7.30. The molecule has 1 fully saturated rings. The van der Waals surface area contributed by atoms with Gasteiger partial charge in [-0.05, 0) is 49.2 Å². The number of anilines is 1. The third-order valence-corrected chi connectivity index (χ3v) is 6.15. The summed E-state index contributed by atoms with van der Waals surface area (Å²) in [6.45, 7) is 2.81. The first-order valence-electron chi connectivity index (χ1n) is 11.5. The zero-order valence-electron chi connectivity index (χ0n) is 18.9. The lowest BCUT2D eigenvalue weighted by Gasteiger charge is -2.31. The highest BCUT2D eigenvalue weighted by atomic mass is 16.5. The highest BCUT2D eigenvalue weighted by Crippen LogP contribution is 2.32. The predicted octanol–water partition coefficient (Wildman–Crippen LogP) is 4.68. The third-order valence-electron chi connectivity index (χ3n) is 6.15. The standard InChI is InChI=1S/C27H29N3O3/c1-32-17-18-33-24-11-12-25-26(19-24)30(27(28-25)20-5-3-2-4-6-20)22-9-7-21(8-10-22)29-15-13-23(31)14-16-29/h2-12,19,23,31H,13-18H2,1H3. The molecule has 1 N–H and O–H groups in total. The Labute approximate surface area is 194 Å². The summed E-state index contributed by atoms with van der Waals surface area (Å²) < 4.78 is 13.2. The van der Waals surface area contributed by atoms with E-state index in [1.54, 1.807) is 7.11 Å². The highest BCUT2D eigenvalue weighted by Gasteiger charge is 2.19. The van der Waals surface area contributed by atoms with Crippen LogP contribution in [0.3, 0.4) is 0 Å². The van der Waals surface area contributed by atoms with E-state index in [9.17, 15) is 5.11 Å². The summed E-state index contributed by atoms with van der Waals surface area (Å²) in [6, 6.07) is 24.9. The van der Waals surface area contributed by atoms with E-state index in [4.69, 9.17) is 14.5 Å². The Morgan fingerprint density at radius 2 is 1.64 bits per heavy atom. The van der Waals surface area contributed by atoms with Crippen LogP contribution in [0.2, 0.25) is 0 Å². The van der Waals surface area contributed by atoms with Crippen molar-refractivity contribution in [2.24, 2.45) is 0 Å². The minimum Gasteiger partial charge on any atom is -0.491 e. The average Bonchev–Trinajstić information content (AvgIpc) is 3.24. The molecule has 1 aromatic heterocycles. The van der Waals surface area contributed by atoms with Gasteiger partial charge in [-0.3, -0.25) is 4.57 Å². The number of aliphatic hydroxyl groups excluding tert-OH is 1. The molecule has 170 valence electrons. The Kier molecular flexibility index (Phi) is 6.28. The first-order chi connectivity index (χ1) is 16.2. The summed E-state index contributed by atoms with van der Waals surface area (Å²) in [7, 11) is 1.67. The second-order valence-corrected chi connectivity index (χ2v) is 8.36. The van der Waals surface area contributed by atoms with Crippen LogP contribution in [-0.2, 0) is 4.74 Å². The number of hydrogen-bond acceptors (Lipinski definition) is 5. The molecule has 1 saturated heterocycles. The Bertz CT molecular complexity index is 1200. The van der Waals surface area contributed by atoms with E-state index in [0.29, 0.717) is 13.2 Å². The van der Waals surface area contributed by atoms with Crippen molar-refractivity contribution in [2.75, 3.05) is 38.3 Å². The summed E-state index contributed by atoms with van der Waals surface area (Å²) in [5.74, 6) is 1.69. The predicted molar refractivity (Wildman–Crippen MR) is 131 cm³/mol. The van der Waals surface area contributed by atoms with Gasteiger partial charge in [-0.25, -0.2) is 4.98 Å². The number of benzene rings is 3. The summed E-state index contributed by atoms with van der Waals surface area (Å²) in [5.41, 5.74) is 5.20. The van der Waals surface area contributed by atoms with Crippen LogP contribution in [0.15, 0.2) is 72.8 Å². The zero-order chi connectivity index (χ0) is 22.6. The van der Waals surface area contributed by atoms with Crippen LogP contribution in [0.25, 0.3) is 28.1 Å². The third kappa shape index (κ3) is 4.58. The van der Waals surface area contributed by atoms with Gasteiger partial charge in [-0.15, -0.1) is 0 Å². The van der Waals surface area contributed by atoms with Crippen molar-refractivity contribution in [1.29, 1.82) is 0 Å². The van der Waals surface area contributed by atoms with Crippen molar-refractivity contribution >= 4 is 16.7 Å². The Morgan fingerprint density at radius 1 is 0.909 bits per heavy atom. The van der Waals surface area contributed by atoms with E-state index in [1.807, 2.05) is 36.4 Å². The molecule has 33 heavy (non-hydrogen) atoms. The fourth-order valence-electron chi connectivity index (χ4n) is 4.37. The van der Waals surface area contributed by atoms with Gasteiger partial charge in [-0.1, -0.05) is 30.3 Å². The van der Waals surface area contributed by atoms with Crippen LogP contribution in [0.5, 0.6) is 5.75 Å². The first-order valence-corrected chi connectivity index (χ1v) is 11.5. The quantitative estimate of drug-likeness (QED) is 0.420. The maximum atomic E-state index is 9.82. The fourth-order valence-corrected chi connectivity index (χ4v) is 4.37. The van der Waals surface area contributed by atoms with Crippen LogP contribution < -0.4 is 9.64 Å². The molecule has 4 aromatic rings. The number of imidazole rings is 1. The highest BCUT2D eigenvalue weighted by molar-refractivity contribution is 5.84.